The van der Waals surface area contributed by atoms with E-state index in [-0.39, 0.29) is 9.77 Å². The van der Waals surface area contributed by atoms with Gasteiger partial charge in [0.25, 0.3) is 10.0 Å². The van der Waals surface area contributed by atoms with Gasteiger partial charge in [-0.1, -0.05) is 0 Å². The molecule has 0 spiro atoms. The van der Waals surface area contributed by atoms with Crippen molar-refractivity contribution in [3.8, 4) is 0 Å². The highest BCUT2D eigenvalue weighted by Gasteiger charge is 2.27. The van der Waals surface area contributed by atoms with Crippen LogP contribution in [0.1, 0.15) is 13.8 Å². The van der Waals surface area contributed by atoms with E-state index in [0.717, 1.165) is 0 Å². The van der Waals surface area contributed by atoms with Gasteiger partial charge in [-0.25, -0.2) is 18.1 Å². The average molecular weight is 334 g/mol. The van der Waals surface area contributed by atoms with Gasteiger partial charge in [0.15, 0.2) is 15.8 Å². The molecule has 6 nitrogen and oxygen atoms in total. The molecule has 2 aromatic rings. The number of fused-ring (bicyclic) bond motifs is 1. The van der Waals surface area contributed by atoms with E-state index >= 15 is 0 Å². The Morgan fingerprint density at radius 2 is 2.20 bits per heavy atom. The standard InChI is InChI=1S/C11H18N4O2S3/c1-11(2,18-4)7-13-20(16,17)9-8(12-3)14-10-15(9)5-6-19-10/h5-6,12-13H,7H2,1-4H3. The van der Waals surface area contributed by atoms with E-state index in [0.29, 0.717) is 17.3 Å². The minimum Gasteiger partial charge on any atom is -0.371 e. The Morgan fingerprint density at radius 3 is 2.80 bits per heavy atom. The first-order valence-corrected chi connectivity index (χ1v) is 9.57. The molecule has 0 unspecified atom stereocenters. The molecule has 0 aliphatic heterocycles. The molecule has 2 heterocycles. The summed E-state index contributed by atoms with van der Waals surface area (Å²) in [4.78, 5) is 4.92. The summed E-state index contributed by atoms with van der Waals surface area (Å²) in [5, 5.41) is 4.81. The molecule has 0 fully saturated rings. The molecule has 0 atom stereocenters. The van der Waals surface area contributed by atoms with Crippen LogP contribution < -0.4 is 10.0 Å². The summed E-state index contributed by atoms with van der Waals surface area (Å²) in [6, 6.07) is 0. The van der Waals surface area contributed by atoms with Gasteiger partial charge in [0, 0.05) is 29.9 Å². The van der Waals surface area contributed by atoms with Crippen LogP contribution in [0.5, 0.6) is 0 Å². The van der Waals surface area contributed by atoms with Crippen LogP contribution >= 0.6 is 23.1 Å². The largest absolute Gasteiger partial charge is 0.371 e. The lowest BCUT2D eigenvalue weighted by molar-refractivity contribution is 0.566. The van der Waals surface area contributed by atoms with E-state index in [9.17, 15) is 8.42 Å². The average Bonchev–Trinajstić information content (AvgIpc) is 2.95. The minimum absolute atomic E-state index is 0.160. The maximum atomic E-state index is 12.5. The fourth-order valence-corrected chi connectivity index (χ4v) is 4.17. The van der Waals surface area contributed by atoms with E-state index in [2.05, 4.69) is 15.0 Å². The number of nitrogens with one attached hydrogen (secondary N) is 2. The van der Waals surface area contributed by atoms with Gasteiger partial charge in [0.05, 0.1) is 0 Å². The third kappa shape index (κ3) is 2.95. The SMILES string of the molecule is CNc1nc2sccn2c1S(=O)(=O)NCC(C)(C)SC. The van der Waals surface area contributed by atoms with Crippen LogP contribution in [0, 0.1) is 0 Å². The van der Waals surface area contributed by atoms with Crippen LogP contribution in [0.2, 0.25) is 0 Å². The molecule has 0 amide bonds. The molecule has 2 rings (SSSR count). The van der Waals surface area contributed by atoms with Crippen molar-refractivity contribution in [2.45, 2.75) is 23.6 Å². The predicted molar refractivity (Wildman–Crippen MR) is 85.4 cm³/mol. The van der Waals surface area contributed by atoms with E-state index in [1.54, 1.807) is 29.4 Å². The molecule has 2 N–H and O–H groups in total. The van der Waals surface area contributed by atoms with E-state index < -0.39 is 10.0 Å². The summed E-state index contributed by atoms with van der Waals surface area (Å²) in [6.45, 7) is 4.35. The highest BCUT2D eigenvalue weighted by atomic mass is 32.2. The van der Waals surface area contributed by atoms with Gasteiger partial charge in [-0.15, -0.1) is 11.3 Å². The number of hydrogen-bond acceptors (Lipinski definition) is 6. The number of aromatic nitrogens is 2. The molecule has 20 heavy (non-hydrogen) atoms. The molecule has 0 aromatic carbocycles. The van der Waals surface area contributed by atoms with Gasteiger partial charge in [-0.2, -0.15) is 11.8 Å². The Morgan fingerprint density at radius 1 is 1.50 bits per heavy atom. The molecule has 0 aliphatic rings. The van der Waals surface area contributed by atoms with Crippen LogP contribution in [0.4, 0.5) is 5.82 Å². The number of thiazole rings is 1. The third-order valence-corrected chi connectivity index (χ3v) is 6.38. The second kappa shape index (κ2) is 5.55. The van der Waals surface area contributed by atoms with Crippen molar-refractivity contribution < 1.29 is 8.42 Å². The first-order chi connectivity index (χ1) is 9.30. The van der Waals surface area contributed by atoms with Crippen molar-refractivity contribution in [3.63, 3.8) is 0 Å². The number of hydrogen-bond donors (Lipinski definition) is 2. The fraction of sp³-hybridized carbons (Fsp3) is 0.545. The number of sulfonamides is 1. The van der Waals surface area contributed by atoms with Crippen molar-refractivity contribution in [1.82, 2.24) is 14.1 Å². The Balaban J connectivity index is 2.38. The quantitative estimate of drug-likeness (QED) is 0.843. The number of rotatable bonds is 6. The first kappa shape index (κ1) is 15.6. The van der Waals surface area contributed by atoms with Gasteiger partial charge < -0.3 is 5.32 Å². The lowest BCUT2D eigenvalue weighted by atomic mass is 10.2. The molecule has 2 aromatic heterocycles. The first-order valence-electron chi connectivity index (χ1n) is 5.99. The number of imidazole rings is 1. The lowest BCUT2D eigenvalue weighted by Crippen LogP contribution is -2.36. The van der Waals surface area contributed by atoms with E-state index in [1.165, 1.54) is 11.3 Å². The highest BCUT2D eigenvalue weighted by Crippen LogP contribution is 2.26. The van der Waals surface area contributed by atoms with Crippen LogP contribution in [-0.4, -0.2) is 42.4 Å². The molecule has 0 saturated heterocycles. The van der Waals surface area contributed by atoms with E-state index in [4.69, 9.17) is 0 Å². The molecule has 112 valence electrons. The monoisotopic (exact) mass is 334 g/mol. The zero-order valence-corrected chi connectivity index (χ0v) is 14.2. The second-order valence-electron chi connectivity index (χ2n) is 4.86. The summed E-state index contributed by atoms with van der Waals surface area (Å²) in [5.41, 5.74) is 0. The van der Waals surface area contributed by atoms with Crippen molar-refractivity contribution in [1.29, 1.82) is 0 Å². The highest BCUT2D eigenvalue weighted by molar-refractivity contribution is 8.00. The zero-order valence-electron chi connectivity index (χ0n) is 11.8. The predicted octanol–water partition coefficient (Wildman–Crippen LogP) is 1.86. The van der Waals surface area contributed by atoms with Gasteiger partial charge in [0.2, 0.25) is 0 Å². The summed E-state index contributed by atoms with van der Waals surface area (Å²) >= 11 is 3.01. The van der Waals surface area contributed by atoms with Crippen molar-refractivity contribution >= 4 is 43.9 Å². The summed E-state index contributed by atoms with van der Waals surface area (Å²) < 4.78 is 29.2. The summed E-state index contributed by atoms with van der Waals surface area (Å²) in [7, 11) is -1.95. The number of nitrogens with zero attached hydrogens (tertiary/aromatic N) is 2. The van der Waals surface area contributed by atoms with Gasteiger partial charge >= 0.3 is 0 Å². The van der Waals surface area contributed by atoms with Gasteiger partial charge in [0.1, 0.15) is 0 Å². The molecule has 0 saturated carbocycles. The fourth-order valence-electron chi connectivity index (χ4n) is 1.59. The maximum Gasteiger partial charge on any atom is 0.260 e. The van der Waals surface area contributed by atoms with Crippen molar-refractivity contribution in [2.75, 3.05) is 25.2 Å². The van der Waals surface area contributed by atoms with Crippen LogP contribution in [0.25, 0.3) is 4.96 Å². The van der Waals surface area contributed by atoms with Crippen LogP contribution in [0.3, 0.4) is 0 Å². The molecule has 0 radical (unpaired) electrons. The Hall–Kier alpha value is -0.770. The van der Waals surface area contributed by atoms with Gasteiger partial charge in [-0.05, 0) is 20.1 Å². The summed E-state index contributed by atoms with van der Waals surface area (Å²) in [5.74, 6) is 0.367. The Bertz CT molecular complexity index is 702. The topological polar surface area (TPSA) is 75.5 Å². The van der Waals surface area contributed by atoms with Crippen LogP contribution in [0.15, 0.2) is 16.6 Å². The van der Waals surface area contributed by atoms with Crippen molar-refractivity contribution in [2.24, 2.45) is 0 Å². The smallest absolute Gasteiger partial charge is 0.260 e. The molecule has 9 heteroatoms. The minimum atomic E-state index is -3.62. The zero-order chi connectivity index (χ0) is 15.0. The summed E-state index contributed by atoms with van der Waals surface area (Å²) in [6.07, 6.45) is 3.67. The third-order valence-electron chi connectivity index (χ3n) is 2.95. The van der Waals surface area contributed by atoms with Crippen molar-refractivity contribution in [3.05, 3.63) is 11.6 Å². The Kier molecular flexibility index (Phi) is 4.33. The normalized spacial score (nSPS) is 13.0. The maximum absolute atomic E-state index is 12.5. The number of thioether (sulfide) groups is 1. The molecular formula is C11H18N4O2S3. The second-order valence-corrected chi connectivity index (χ2v) is 8.93. The molecular weight excluding hydrogens is 316 g/mol. The Labute approximate surface area is 127 Å². The molecule has 0 aliphatic carbocycles. The van der Waals surface area contributed by atoms with Gasteiger partial charge in [-0.3, -0.25) is 4.40 Å². The molecule has 0 bridgehead atoms. The van der Waals surface area contributed by atoms with E-state index in [1.807, 2.05) is 25.5 Å². The van der Waals surface area contributed by atoms with Crippen LogP contribution in [-0.2, 0) is 10.0 Å². The lowest BCUT2D eigenvalue weighted by Gasteiger charge is -2.22. The number of anilines is 1.